The molecule has 4 heterocycles. The lowest BCUT2D eigenvalue weighted by molar-refractivity contribution is 0.0484. The van der Waals surface area contributed by atoms with Gasteiger partial charge < -0.3 is 4.90 Å². The highest BCUT2D eigenvalue weighted by Crippen LogP contribution is 2.26. The lowest BCUT2D eigenvalue weighted by Gasteiger charge is -2.49. The number of hydrogen-bond acceptors (Lipinski definition) is 6. The summed E-state index contributed by atoms with van der Waals surface area (Å²) in [7, 11) is 1.82. The van der Waals surface area contributed by atoms with Gasteiger partial charge in [-0.3, -0.25) is 24.1 Å². The van der Waals surface area contributed by atoms with Crippen molar-refractivity contribution in [2.75, 3.05) is 44.2 Å². The molecular weight excluding hydrogens is 352 g/mol. The predicted molar refractivity (Wildman–Crippen MR) is 111 cm³/mol. The topological polar surface area (TPSA) is 57.5 Å². The fourth-order valence-corrected chi connectivity index (χ4v) is 5.16. The maximum atomic E-state index is 12.6. The summed E-state index contributed by atoms with van der Waals surface area (Å²) in [5, 5.41) is 0.636. The van der Waals surface area contributed by atoms with Crippen LogP contribution in [-0.4, -0.2) is 75.7 Å². The van der Waals surface area contributed by atoms with E-state index in [4.69, 9.17) is 4.98 Å². The summed E-state index contributed by atoms with van der Waals surface area (Å²) < 4.78 is 1.68. The first-order chi connectivity index (χ1) is 13.7. The van der Waals surface area contributed by atoms with E-state index >= 15 is 0 Å². The van der Waals surface area contributed by atoms with Crippen molar-refractivity contribution in [1.29, 1.82) is 0 Å². The van der Waals surface area contributed by atoms with Crippen LogP contribution in [0.3, 0.4) is 0 Å². The van der Waals surface area contributed by atoms with Crippen molar-refractivity contribution in [3.8, 4) is 0 Å². The third-order valence-electron chi connectivity index (χ3n) is 6.96. The van der Waals surface area contributed by atoms with Crippen LogP contribution in [0.1, 0.15) is 32.1 Å². The van der Waals surface area contributed by atoms with Gasteiger partial charge in [-0.05, 0) is 18.9 Å². The number of pyridine rings is 1. The fourth-order valence-electron chi connectivity index (χ4n) is 5.16. The van der Waals surface area contributed by atoms with E-state index in [1.807, 2.05) is 7.05 Å². The normalized spacial score (nSPS) is 23.2. The van der Waals surface area contributed by atoms with Crippen molar-refractivity contribution in [3.63, 3.8) is 0 Å². The van der Waals surface area contributed by atoms with Crippen molar-refractivity contribution in [3.05, 3.63) is 28.8 Å². The van der Waals surface area contributed by atoms with Gasteiger partial charge in [-0.15, -0.1) is 0 Å². The van der Waals surface area contributed by atoms with Gasteiger partial charge in [-0.25, -0.2) is 4.98 Å². The highest BCUT2D eigenvalue weighted by Gasteiger charge is 2.36. The molecule has 28 heavy (non-hydrogen) atoms. The average Bonchev–Trinajstić information content (AvgIpc) is 2.72. The molecule has 2 aromatic rings. The van der Waals surface area contributed by atoms with Crippen molar-refractivity contribution >= 4 is 16.9 Å². The lowest BCUT2D eigenvalue weighted by atomic mass is 9.93. The second kappa shape index (κ2) is 7.44. The molecule has 0 radical (unpaired) electrons. The molecule has 0 unspecified atom stereocenters. The third-order valence-corrected chi connectivity index (χ3v) is 6.96. The number of nitrogens with zero attached hydrogens (tertiary/aromatic N) is 6. The zero-order chi connectivity index (χ0) is 19.1. The molecule has 0 N–H and O–H groups in total. The van der Waals surface area contributed by atoms with Crippen LogP contribution in [0.15, 0.2) is 23.3 Å². The zero-order valence-corrected chi connectivity index (χ0v) is 16.8. The molecule has 7 heteroatoms. The minimum Gasteiger partial charge on any atom is -0.339 e. The summed E-state index contributed by atoms with van der Waals surface area (Å²) in [6.45, 7) is 6.66. The van der Waals surface area contributed by atoms with Crippen LogP contribution in [0, 0.1) is 0 Å². The summed E-state index contributed by atoms with van der Waals surface area (Å²) in [5.41, 5.74) is 0.692. The first kappa shape index (κ1) is 18.1. The Kier molecular flexibility index (Phi) is 4.80. The molecule has 150 valence electrons. The molecule has 2 aromatic heterocycles. The van der Waals surface area contributed by atoms with E-state index in [0.29, 0.717) is 16.9 Å². The molecule has 0 amide bonds. The highest BCUT2D eigenvalue weighted by atomic mass is 16.1. The molecular formula is C21H30N6O. The maximum absolute atomic E-state index is 12.6. The van der Waals surface area contributed by atoms with Crippen LogP contribution in [0.25, 0.3) is 10.9 Å². The van der Waals surface area contributed by atoms with E-state index in [1.54, 1.807) is 23.0 Å². The van der Waals surface area contributed by atoms with Gasteiger partial charge in [0.15, 0.2) is 0 Å². The number of piperazine rings is 1. The van der Waals surface area contributed by atoms with E-state index in [9.17, 15) is 4.79 Å². The van der Waals surface area contributed by atoms with Crippen LogP contribution in [0.2, 0.25) is 0 Å². The molecule has 0 bridgehead atoms. The van der Waals surface area contributed by atoms with Crippen molar-refractivity contribution < 1.29 is 0 Å². The van der Waals surface area contributed by atoms with Crippen LogP contribution in [0.5, 0.6) is 0 Å². The molecule has 2 saturated heterocycles. The van der Waals surface area contributed by atoms with Gasteiger partial charge in [0.25, 0.3) is 5.56 Å². The Balaban J connectivity index is 1.21. The first-order valence-electron chi connectivity index (χ1n) is 10.7. The molecule has 0 aromatic carbocycles. The molecule has 7 nitrogen and oxygen atoms in total. The Morgan fingerprint density at radius 1 is 0.964 bits per heavy atom. The van der Waals surface area contributed by atoms with Crippen LogP contribution >= 0.6 is 0 Å². The Morgan fingerprint density at radius 2 is 1.64 bits per heavy atom. The molecule has 0 spiro atoms. The quantitative estimate of drug-likeness (QED) is 0.801. The molecule has 1 aliphatic carbocycles. The molecule has 1 saturated carbocycles. The van der Waals surface area contributed by atoms with Gasteiger partial charge >= 0.3 is 0 Å². The number of aromatic nitrogens is 3. The zero-order valence-electron chi connectivity index (χ0n) is 16.8. The largest absolute Gasteiger partial charge is 0.339 e. The molecule has 0 atom stereocenters. The molecule has 5 rings (SSSR count). The van der Waals surface area contributed by atoms with Crippen molar-refractivity contribution in [2.45, 2.75) is 44.2 Å². The SMILES string of the molecule is Cn1c(N2CC(N3CCN(C4CCCCC4)CC3)C2)nc2cnccc2c1=O. The Morgan fingerprint density at radius 3 is 2.36 bits per heavy atom. The molecule has 3 aliphatic rings. The lowest BCUT2D eigenvalue weighted by Crippen LogP contribution is -2.64. The Bertz CT molecular complexity index is 891. The van der Waals surface area contributed by atoms with Gasteiger partial charge in [0, 0.05) is 64.6 Å². The van der Waals surface area contributed by atoms with Crippen LogP contribution < -0.4 is 10.5 Å². The highest BCUT2D eigenvalue weighted by molar-refractivity contribution is 5.77. The van der Waals surface area contributed by atoms with Gasteiger partial charge in [0.05, 0.1) is 17.1 Å². The van der Waals surface area contributed by atoms with Crippen LogP contribution in [-0.2, 0) is 7.05 Å². The summed E-state index contributed by atoms with van der Waals surface area (Å²) in [6, 6.07) is 3.16. The van der Waals surface area contributed by atoms with E-state index in [-0.39, 0.29) is 5.56 Å². The smallest absolute Gasteiger partial charge is 0.262 e. The Labute approximate surface area is 166 Å². The van der Waals surface area contributed by atoms with E-state index in [2.05, 4.69) is 19.7 Å². The number of fused-ring (bicyclic) bond motifs is 1. The number of rotatable bonds is 3. The van der Waals surface area contributed by atoms with Crippen molar-refractivity contribution in [2.24, 2.45) is 7.05 Å². The van der Waals surface area contributed by atoms with Gasteiger partial charge in [0.2, 0.25) is 5.95 Å². The Hall–Kier alpha value is -1.99. The summed E-state index contributed by atoms with van der Waals surface area (Å²) in [4.78, 5) is 29.0. The summed E-state index contributed by atoms with van der Waals surface area (Å²) >= 11 is 0. The number of anilines is 1. The minimum atomic E-state index is 0.00643. The van der Waals surface area contributed by atoms with E-state index < -0.39 is 0 Å². The summed E-state index contributed by atoms with van der Waals surface area (Å²) in [5.74, 6) is 0.766. The molecule has 2 aliphatic heterocycles. The third kappa shape index (κ3) is 3.20. The maximum Gasteiger partial charge on any atom is 0.262 e. The minimum absolute atomic E-state index is 0.00643. The van der Waals surface area contributed by atoms with Gasteiger partial charge in [0.1, 0.15) is 0 Å². The summed E-state index contributed by atoms with van der Waals surface area (Å²) in [6.07, 6.45) is 10.4. The molecule has 3 fully saturated rings. The standard InChI is InChI=1S/C21H30N6O/c1-24-20(28)18-7-8-22-13-19(18)23-21(24)27-14-17(15-27)26-11-9-25(10-12-26)16-5-3-2-4-6-16/h7-8,13,16-17H,2-6,9-12,14-15H2,1H3. The monoisotopic (exact) mass is 382 g/mol. The predicted octanol–water partition coefficient (Wildman–Crippen LogP) is 1.47. The van der Waals surface area contributed by atoms with E-state index in [1.165, 1.54) is 58.3 Å². The van der Waals surface area contributed by atoms with E-state index in [0.717, 1.165) is 25.1 Å². The van der Waals surface area contributed by atoms with Crippen LogP contribution in [0.4, 0.5) is 5.95 Å². The van der Waals surface area contributed by atoms with Crippen molar-refractivity contribution in [1.82, 2.24) is 24.3 Å². The first-order valence-corrected chi connectivity index (χ1v) is 10.7. The second-order valence-corrected chi connectivity index (χ2v) is 8.59. The fraction of sp³-hybridized carbons (Fsp3) is 0.667. The average molecular weight is 383 g/mol. The van der Waals surface area contributed by atoms with Gasteiger partial charge in [-0.2, -0.15) is 0 Å². The van der Waals surface area contributed by atoms with Gasteiger partial charge in [-0.1, -0.05) is 19.3 Å². The second-order valence-electron chi connectivity index (χ2n) is 8.59. The number of hydrogen-bond donors (Lipinski definition) is 0.